The van der Waals surface area contributed by atoms with Crippen LogP contribution in [0.25, 0.3) is 6.08 Å². The highest BCUT2D eigenvalue weighted by atomic mass is 31.1. The number of aryl methyl sites for hydroxylation is 1. The second-order valence-electron chi connectivity index (χ2n) is 7.78. The Kier molecular flexibility index (Phi) is 6.39. The first-order valence-corrected chi connectivity index (χ1v) is 11.3. The fourth-order valence-corrected chi connectivity index (χ4v) is 5.62. The van der Waals surface area contributed by atoms with E-state index in [4.69, 9.17) is 4.74 Å². The monoisotopic (exact) mass is 379 g/mol. The van der Waals surface area contributed by atoms with Gasteiger partial charge in [-0.1, -0.05) is 69.3 Å². The second-order valence-corrected chi connectivity index (χ2v) is 9.14. The van der Waals surface area contributed by atoms with Crippen LogP contribution in [-0.4, -0.2) is 30.9 Å². The second kappa shape index (κ2) is 9.15. The van der Waals surface area contributed by atoms with E-state index >= 15 is 0 Å². The maximum absolute atomic E-state index is 5.58. The molecule has 2 heterocycles. The molecule has 0 N–H and O–H groups in total. The minimum atomic E-state index is 0.264. The molecule has 4 rings (SSSR count). The van der Waals surface area contributed by atoms with Crippen molar-refractivity contribution in [2.45, 2.75) is 38.1 Å². The Morgan fingerprint density at radius 2 is 1.85 bits per heavy atom. The average molecular weight is 379 g/mol. The van der Waals surface area contributed by atoms with Crippen molar-refractivity contribution in [3.05, 3.63) is 71.3 Å². The molecular weight excluding hydrogens is 349 g/mol. The van der Waals surface area contributed by atoms with E-state index in [-0.39, 0.29) is 5.85 Å². The molecule has 0 aromatic heterocycles. The highest BCUT2D eigenvalue weighted by Gasteiger charge is 2.21. The Morgan fingerprint density at radius 1 is 1.04 bits per heavy atom. The third-order valence-electron chi connectivity index (χ3n) is 5.95. The van der Waals surface area contributed by atoms with Crippen LogP contribution < -0.4 is 5.30 Å². The van der Waals surface area contributed by atoms with Crippen LogP contribution in [-0.2, 0) is 17.7 Å². The van der Waals surface area contributed by atoms with Gasteiger partial charge in [-0.15, -0.1) is 0 Å². The number of ether oxygens (including phenoxy) is 1. The maximum atomic E-state index is 5.58. The van der Waals surface area contributed by atoms with Crippen molar-refractivity contribution in [3.63, 3.8) is 0 Å². The van der Waals surface area contributed by atoms with Gasteiger partial charge in [0, 0.05) is 13.7 Å². The molecule has 2 aliphatic heterocycles. The average Bonchev–Trinajstić information content (AvgIpc) is 2.73. The normalized spacial score (nSPS) is 21.4. The summed E-state index contributed by atoms with van der Waals surface area (Å²) in [5.41, 5.74) is 4.38. The number of piperidine rings is 1. The molecular formula is C24H30NOP. The Hall–Kier alpha value is -1.47. The SMILES string of the molecule is COC1C=Cc2cccc(CCC3CCN(Cc4ccccc4)CC3)c2P1. The van der Waals surface area contributed by atoms with E-state index < -0.39 is 0 Å². The van der Waals surface area contributed by atoms with Crippen molar-refractivity contribution in [2.75, 3.05) is 20.2 Å². The fraction of sp³-hybridized carbons (Fsp3) is 0.417. The number of methoxy groups -OCH3 is 1. The molecule has 2 atom stereocenters. The zero-order valence-electron chi connectivity index (χ0n) is 16.2. The molecule has 0 saturated carbocycles. The molecule has 1 fully saturated rings. The summed E-state index contributed by atoms with van der Waals surface area (Å²) in [6.07, 6.45) is 9.65. The van der Waals surface area contributed by atoms with Crippen molar-refractivity contribution in [2.24, 2.45) is 5.92 Å². The molecule has 0 bridgehead atoms. The Bertz CT molecular complexity index is 765. The summed E-state index contributed by atoms with van der Waals surface area (Å²) in [5, 5.41) is 1.54. The molecule has 1 saturated heterocycles. The van der Waals surface area contributed by atoms with Crippen LogP contribution in [0.5, 0.6) is 0 Å². The summed E-state index contributed by atoms with van der Waals surface area (Å²) in [5.74, 6) is 1.13. The lowest BCUT2D eigenvalue weighted by Gasteiger charge is -2.32. The molecule has 2 aromatic rings. The predicted molar refractivity (Wildman–Crippen MR) is 117 cm³/mol. The van der Waals surface area contributed by atoms with E-state index in [2.05, 4.69) is 65.6 Å². The van der Waals surface area contributed by atoms with Crippen molar-refractivity contribution < 1.29 is 4.74 Å². The predicted octanol–water partition coefficient (Wildman–Crippen LogP) is 4.83. The molecule has 142 valence electrons. The summed E-state index contributed by atoms with van der Waals surface area (Å²) in [6, 6.07) is 17.7. The minimum absolute atomic E-state index is 0.264. The van der Waals surface area contributed by atoms with Gasteiger partial charge in [-0.2, -0.15) is 0 Å². The first kappa shape index (κ1) is 18.9. The van der Waals surface area contributed by atoms with Crippen molar-refractivity contribution in [1.29, 1.82) is 0 Å². The largest absolute Gasteiger partial charge is 0.373 e. The summed E-state index contributed by atoms with van der Waals surface area (Å²) >= 11 is 0. The summed E-state index contributed by atoms with van der Waals surface area (Å²) < 4.78 is 5.58. The van der Waals surface area contributed by atoms with Gasteiger partial charge in [0.05, 0.1) is 5.85 Å². The van der Waals surface area contributed by atoms with Gasteiger partial charge in [0.1, 0.15) is 0 Å². The third-order valence-corrected chi connectivity index (χ3v) is 7.56. The standard InChI is InChI=1S/C24H30NOP/c1-26-23-13-12-22-9-5-8-21(24(22)27-23)11-10-19-14-16-25(17-15-19)18-20-6-3-2-4-7-20/h2-9,12-13,19,23,27H,10-11,14-18H2,1H3. The zero-order chi connectivity index (χ0) is 18.5. The fourth-order valence-electron chi connectivity index (χ4n) is 4.30. The van der Waals surface area contributed by atoms with Gasteiger partial charge >= 0.3 is 0 Å². The van der Waals surface area contributed by atoms with Crippen LogP contribution in [0.15, 0.2) is 54.6 Å². The quantitative estimate of drug-likeness (QED) is 0.666. The van der Waals surface area contributed by atoms with E-state index in [0.29, 0.717) is 0 Å². The molecule has 2 unspecified atom stereocenters. The van der Waals surface area contributed by atoms with Crippen LogP contribution in [0.3, 0.4) is 0 Å². The first-order chi connectivity index (χ1) is 13.3. The van der Waals surface area contributed by atoms with Gasteiger partial charge in [0.2, 0.25) is 0 Å². The Balaban J connectivity index is 1.29. The van der Waals surface area contributed by atoms with Crippen LogP contribution in [0, 0.1) is 5.92 Å². The van der Waals surface area contributed by atoms with Crippen LogP contribution >= 0.6 is 8.58 Å². The van der Waals surface area contributed by atoms with Gasteiger partial charge in [0.15, 0.2) is 0 Å². The van der Waals surface area contributed by atoms with Gasteiger partial charge in [-0.25, -0.2) is 0 Å². The Labute approximate surface area is 165 Å². The lowest BCUT2D eigenvalue weighted by atomic mass is 9.90. The number of benzene rings is 2. The van der Waals surface area contributed by atoms with Crippen molar-refractivity contribution in [3.8, 4) is 0 Å². The van der Waals surface area contributed by atoms with Crippen LogP contribution in [0.2, 0.25) is 0 Å². The minimum Gasteiger partial charge on any atom is -0.373 e. The summed E-state index contributed by atoms with van der Waals surface area (Å²) in [6.45, 7) is 3.58. The molecule has 2 nitrogen and oxygen atoms in total. The molecule has 0 spiro atoms. The third kappa shape index (κ3) is 4.88. The number of hydrogen-bond acceptors (Lipinski definition) is 2. The Morgan fingerprint density at radius 3 is 2.63 bits per heavy atom. The van der Waals surface area contributed by atoms with E-state index in [1.807, 2.05) is 7.11 Å². The molecule has 0 radical (unpaired) electrons. The van der Waals surface area contributed by atoms with Crippen molar-refractivity contribution >= 4 is 20.0 Å². The molecule has 0 aliphatic carbocycles. The van der Waals surface area contributed by atoms with E-state index in [1.165, 1.54) is 55.2 Å². The zero-order valence-corrected chi connectivity index (χ0v) is 17.2. The topological polar surface area (TPSA) is 12.5 Å². The van der Waals surface area contributed by atoms with Gasteiger partial charge in [0.25, 0.3) is 0 Å². The highest BCUT2D eigenvalue weighted by Crippen LogP contribution is 2.31. The lowest BCUT2D eigenvalue weighted by Crippen LogP contribution is -2.33. The molecule has 2 aromatic carbocycles. The van der Waals surface area contributed by atoms with Crippen LogP contribution in [0.1, 0.15) is 36.0 Å². The van der Waals surface area contributed by atoms with E-state index in [9.17, 15) is 0 Å². The number of likely N-dealkylation sites (tertiary alicyclic amines) is 1. The molecule has 3 heteroatoms. The van der Waals surface area contributed by atoms with E-state index in [0.717, 1.165) is 21.0 Å². The number of fused-ring (bicyclic) bond motifs is 1. The smallest absolute Gasteiger partial charge is 0.0957 e. The summed E-state index contributed by atoms with van der Waals surface area (Å²) in [7, 11) is 2.56. The molecule has 2 aliphatic rings. The van der Waals surface area contributed by atoms with Crippen LogP contribution in [0.4, 0.5) is 0 Å². The maximum Gasteiger partial charge on any atom is 0.0957 e. The lowest BCUT2D eigenvalue weighted by molar-refractivity contribution is 0.172. The van der Waals surface area contributed by atoms with Gasteiger partial charge in [-0.3, -0.25) is 4.90 Å². The van der Waals surface area contributed by atoms with Gasteiger partial charge in [-0.05, 0) is 66.7 Å². The van der Waals surface area contributed by atoms with Crippen molar-refractivity contribution in [1.82, 2.24) is 4.90 Å². The molecule has 27 heavy (non-hydrogen) atoms. The number of hydrogen-bond donors (Lipinski definition) is 0. The number of nitrogens with zero attached hydrogens (tertiary/aromatic N) is 1. The first-order valence-electron chi connectivity index (χ1n) is 10.2. The number of rotatable bonds is 6. The highest BCUT2D eigenvalue weighted by molar-refractivity contribution is 7.48. The van der Waals surface area contributed by atoms with E-state index in [1.54, 1.807) is 5.56 Å². The summed E-state index contributed by atoms with van der Waals surface area (Å²) in [4.78, 5) is 2.62. The van der Waals surface area contributed by atoms with Gasteiger partial charge < -0.3 is 4.74 Å². The molecule has 0 amide bonds.